The molecule has 210 valence electrons. The first-order valence-corrected chi connectivity index (χ1v) is 16.3. The Hall–Kier alpha value is -2.29. The lowest BCUT2D eigenvalue weighted by Gasteiger charge is -2.45. The molecule has 1 spiro atoms. The topological polar surface area (TPSA) is 95.9 Å². The number of halogens is 1. The van der Waals surface area contributed by atoms with E-state index in [-0.39, 0.29) is 11.2 Å². The molecule has 0 aromatic heterocycles. The summed E-state index contributed by atoms with van der Waals surface area (Å²) >= 11 is 6.37. The van der Waals surface area contributed by atoms with E-state index in [1.165, 1.54) is 11.1 Å². The summed E-state index contributed by atoms with van der Waals surface area (Å²) < 4.78 is 34.0. The van der Waals surface area contributed by atoms with Gasteiger partial charge in [0.15, 0.2) is 0 Å². The number of nitrogens with zero attached hydrogens (tertiary/aromatic N) is 1. The van der Waals surface area contributed by atoms with Gasteiger partial charge in [0, 0.05) is 29.1 Å². The summed E-state index contributed by atoms with van der Waals surface area (Å²) in [6.45, 7) is 2.07. The van der Waals surface area contributed by atoms with Gasteiger partial charge in [-0.3, -0.25) is 4.79 Å². The molecule has 2 aliphatic carbocycles. The lowest BCUT2D eigenvalue weighted by atomic mass is 9.68. The molecule has 2 aliphatic heterocycles. The lowest BCUT2D eigenvalue weighted by molar-refractivity contribution is 0.0721. The van der Waals surface area contributed by atoms with E-state index in [0.717, 1.165) is 62.3 Å². The highest BCUT2D eigenvalue weighted by molar-refractivity contribution is 7.90. The number of sulfonamides is 1. The Morgan fingerprint density at radius 2 is 1.90 bits per heavy atom. The Bertz CT molecular complexity index is 1370. The Morgan fingerprint density at radius 1 is 1.05 bits per heavy atom. The first-order valence-electron chi connectivity index (χ1n) is 14.2. The maximum absolute atomic E-state index is 13.1. The minimum atomic E-state index is -3.77. The molecule has 0 saturated heterocycles. The monoisotopic (exact) mass is 572 g/mol. The molecule has 7 nitrogen and oxygen atoms in total. The standard InChI is InChI=1S/C30H37ClN2O5S/c31-24-9-10-26-21(14-24)4-3-12-30(26)18-33-17-23-7-6-20(23)15-25(34)5-1-2-13-39(36,37)32-29(35)22-8-11-28(38-19-30)27(33)16-22/h8-11,14,16,20,23,25,34H,1-7,12-13,15,17-19H2,(H,32,35)/t20-,23-,25-,30-/m0/s1. The highest BCUT2D eigenvalue weighted by atomic mass is 35.5. The van der Waals surface area contributed by atoms with Gasteiger partial charge in [0.1, 0.15) is 5.75 Å². The first kappa shape index (κ1) is 26.9. The van der Waals surface area contributed by atoms with Crippen LogP contribution < -0.4 is 14.4 Å². The molecule has 2 N–H and O–H groups in total. The van der Waals surface area contributed by atoms with Crippen LogP contribution in [0.5, 0.6) is 5.75 Å². The van der Waals surface area contributed by atoms with Crippen molar-refractivity contribution in [3.05, 3.63) is 58.1 Å². The first-order chi connectivity index (χ1) is 18.7. The van der Waals surface area contributed by atoms with E-state index in [9.17, 15) is 18.3 Å². The molecule has 1 amide bonds. The molecule has 2 aromatic rings. The number of hydrogen-bond donors (Lipinski definition) is 2. The van der Waals surface area contributed by atoms with Crippen LogP contribution in [0.4, 0.5) is 5.69 Å². The van der Waals surface area contributed by atoms with E-state index in [1.54, 1.807) is 18.2 Å². The van der Waals surface area contributed by atoms with Crippen molar-refractivity contribution in [3.8, 4) is 5.75 Å². The molecule has 1 saturated carbocycles. The van der Waals surface area contributed by atoms with Gasteiger partial charge in [-0.15, -0.1) is 0 Å². The summed E-state index contributed by atoms with van der Waals surface area (Å²) in [6, 6.07) is 11.4. The van der Waals surface area contributed by atoms with Crippen molar-refractivity contribution in [1.29, 1.82) is 0 Å². The summed E-state index contributed by atoms with van der Waals surface area (Å²) in [5.41, 5.74) is 3.47. The third-order valence-corrected chi connectivity index (χ3v) is 10.9. The van der Waals surface area contributed by atoms with Gasteiger partial charge in [-0.2, -0.15) is 0 Å². The van der Waals surface area contributed by atoms with Crippen LogP contribution in [-0.4, -0.2) is 51.0 Å². The third kappa shape index (κ3) is 5.52. The number of carbonyl (C=O) groups is 1. The van der Waals surface area contributed by atoms with E-state index in [1.807, 2.05) is 6.07 Å². The molecule has 2 aromatic carbocycles. The number of aliphatic hydroxyl groups excluding tert-OH is 1. The average molecular weight is 573 g/mol. The van der Waals surface area contributed by atoms with Crippen molar-refractivity contribution in [2.45, 2.75) is 69.3 Å². The molecule has 9 heteroatoms. The van der Waals surface area contributed by atoms with E-state index in [4.69, 9.17) is 16.3 Å². The number of carbonyl (C=O) groups excluding carboxylic acids is 1. The summed E-state index contributed by atoms with van der Waals surface area (Å²) in [4.78, 5) is 15.4. The smallest absolute Gasteiger partial charge is 0.264 e. The molecular weight excluding hydrogens is 536 g/mol. The number of aliphatic hydroxyl groups is 1. The van der Waals surface area contributed by atoms with Crippen LogP contribution in [0, 0.1) is 11.8 Å². The van der Waals surface area contributed by atoms with Crippen molar-refractivity contribution in [3.63, 3.8) is 0 Å². The normalized spacial score (nSPS) is 30.7. The number of anilines is 1. The minimum absolute atomic E-state index is 0.135. The molecule has 1 fully saturated rings. The summed E-state index contributed by atoms with van der Waals surface area (Å²) in [7, 11) is -3.77. The van der Waals surface area contributed by atoms with Crippen LogP contribution in [-0.2, 0) is 21.9 Å². The number of benzene rings is 2. The van der Waals surface area contributed by atoms with Crippen LogP contribution >= 0.6 is 11.6 Å². The summed E-state index contributed by atoms with van der Waals surface area (Å²) in [5.74, 6) is 0.835. The Balaban J connectivity index is 1.40. The van der Waals surface area contributed by atoms with Crippen LogP contribution in [0.3, 0.4) is 0 Å². The Kier molecular flexibility index (Phi) is 7.31. The quantitative estimate of drug-likeness (QED) is 0.469. The zero-order chi connectivity index (χ0) is 27.2. The van der Waals surface area contributed by atoms with E-state index in [0.29, 0.717) is 49.0 Å². The van der Waals surface area contributed by atoms with Crippen LogP contribution in [0.25, 0.3) is 0 Å². The number of ether oxygens (including phenoxy) is 1. The molecule has 2 heterocycles. The predicted octanol–water partition coefficient (Wildman–Crippen LogP) is 4.83. The van der Waals surface area contributed by atoms with Gasteiger partial charge in [-0.25, -0.2) is 13.1 Å². The molecule has 4 atom stereocenters. The van der Waals surface area contributed by atoms with Crippen molar-refractivity contribution in [2.75, 3.05) is 30.3 Å². The highest BCUT2D eigenvalue weighted by Crippen LogP contribution is 2.46. The number of nitrogens with one attached hydrogen (secondary N) is 1. The Labute approximate surface area is 235 Å². The van der Waals surface area contributed by atoms with Gasteiger partial charge < -0.3 is 14.7 Å². The van der Waals surface area contributed by atoms with E-state index < -0.39 is 22.0 Å². The fourth-order valence-electron chi connectivity index (χ4n) is 7.12. The van der Waals surface area contributed by atoms with Gasteiger partial charge in [-0.1, -0.05) is 17.7 Å². The fourth-order valence-corrected chi connectivity index (χ4v) is 8.40. The summed E-state index contributed by atoms with van der Waals surface area (Å²) in [6.07, 6.45) is 7.16. The second kappa shape index (κ2) is 10.6. The molecule has 4 aliphatic rings. The van der Waals surface area contributed by atoms with Crippen LogP contribution in [0.2, 0.25) is 5.02 Å². The minimum Gasteiger partial charge on any atom is -0.490 e. The number of aryl methyl sites for hydroxylation is 1. The van der Waals surface area contributed by atoms with Crippen molar-refractivity contribution < 1.29 is 23.1 Å². The summed E-state index contributed by atoms with van der Waals surface area (Å²) in [5, 5.41) is 11.5. The Morgan fingerprint density at radius 3 is 2.72 bits per heavy atom. The zero-order valence-corrected chi connectivity index (χ0v) is 23.8. The van der Waals surface area contributed by atoms with Gasteiger partial charge in [0.25, 0.3) is 5.91 Å². The lowest BCUT2D eigenvalue weighted by Crippen LogP contribution is -2.48. The maximum atomic E-state index is 13.1. The highest BCUT2D eigenvalue weighted by Gasteiger charge is 2.43. The zero-order valence-electron chi connectivity index (χ0n) is 22.2. The van der Waals surface area contributed by atoms with Crippen molar-refractivity contribution in [1.82, 2.24) is 4.72 Å². The van der Waals surface area contributed by atoms with E-state index in [2.05, 4.69) is 21.8 Å². The largest absolute Gasteiger partial charge is 0.490 e. The molecule has 0 radical (unpaired) electrons. The fraction of sp³-hybridized carbons (Fsp3) is 0.567. The number of amides is 1. The van der Waals surface area contributed by atoms with Crippen molar-refractivity contribution in [2.24, 2.45) is 11.8 Å². The third-order valence-electron chi connectivity index (χ3n) is 9.35. The second-order valence-electron chi connectivity index (χ2n) is 12.0. The SMILES string of the molecule is O=C1NS(=O)(=O)CCCC[C@H](O)C[C@@H]2CC[C@H]2CN2C[C@@]3(CCCc4cc(Cl)ccc43)COc3ccc1cc32. The predicted molar refractivity (Wildman–Crippen MR) is 152 cm³/mol. The second-order valence-corrected chi connectivity index (χ2v) is 14.3. The maximum Gasteiger partial charge on any atom is 0.264 e. The number of fused-ring (bicyclic) bond motifs is 4. The van der Waals surface area contributed by atoms with Crippen molar-refractivity contribution >= 4 is 33.2 Å². The molecular formula is C30H37ClN2O5S. The van der Waals surface area contributed by atoms with E-state index >= 15 is 0 Å². The molecule has 39 heavy (non-hydrogen) atoms. The molecule has 0 unspecified atom stereocenters. The number of rotatable bonds is 0. The molecule has 6 rings (SSSR count). The van der Waals surface area contributed by atoms with Gasteiger partial charge in [0.2, 0.25) is 10.0 Å². The van der Waals surface area contributed by atoms with Gasteiger partial charge in [-0.05, 0) is 111 Å². The average Bonchev–Trinajstić information content (AvgIpc) is 3.04. The van der Waals surface area contributed by atoms with Gasteiger partial charge >= 0.3 is 0 Å². The van der Waals surface area contributed by atoms with Crippen LogP contribution in [0.1, 0.15) is 72.9 Å². The molecule has 2 bridgehead atoms. The number of hydrogen-bond acceptors (Lipinski definition) is 6. The van der Waals surface area contributed by atoms with Gasteiger partial charge in [0.05, 0.1) is 24.2 Å². The van der Waals surface area contributed by atoms with Crippen LogP contribution in [0.15, 0.2) is 36.4 Å².